The number of hydrogen-bond acceptors (Lipinski definition) is 5. The van der Waals surface area contributed by atoms with Crippen LogP contribution in [0, 0.1) is 5.82 Å². The first kappa shape index (κ1) is 24.8. The molecule has 0 spiro atoms. The molecule has 1 aromatic heterocycles. The lowest BCUT2D eigenvalue weighted by Crippen LogP contribution is -2.42. The summed E-state index contributed by atoms with van der Waals surface area (Å²) in [5.74, 6) is -2.82. The number of carboxylic acids is 1. The van der Waals surface area contributed by atoms with E-state index in [4.69, 9.17) is 0 Å². The number of carbonyl (C=O) groups excluding carboxylic acids is 1. The zero-order valence-corrected chi connectivity index (χ0v) is 19.2. The van der Waals surface area contributed by atoms with E-state index < -0.39 is 33.6 Å². The summed E-state index contributed by atoms with van der Waals surface area (Å²) in [4.78, 5) is 28.6. The molecular formula is C24H24FN3O5S. The maximum absolute atomic E-state index is 13.5. The molecule has 0 fully saturated rings. The molecule has 34 heavy (non-hydrogen) atoms. The minimum Gasteiger partial charge on any atom is -0.480 e. The fourth-order valence-corrected chi connectivity index (χ4v) is 3.93. The van der Waals surface area contributed by atoms with Crippen molar-refractivity contribution in [1.29, 1.82) is 0 Å². The van der Waals surface area contributed by atoms with Crippen LogP contribution in [0.4, 0.5) is 4.39 Å². The van der Waals surface area contributed by atoms with Gasteiger partial charge < -0.3 is 15.0 Å². The van der Waals surface area contributed by atoms with Crippen LogP contribution in [0.25, 0.3) is 17.2 Å². The lowest BCUT2D eigenvalue weighted by atomic mass is 9.96. The van der Waals surface area contributed by atoms with E-state index in [0.29, 0.717) is 17.7 Å². The fraction of sp³-hybridized carbons (Fsp3) is 0.208. The molecule has 0 radical (unpaired) electrons. The number of imidazole rings is 1. The van der Waals surface area contributed by atoms with Gasteiger partial charge in [-0.1, -0.05) is 30.4 Å². The number of rotatable bonds is 10. The second-order valence-corrected chi connectivity index (χ2v) is 10.0. The normalized spacial score (nSPS) is 12.5. The zero-order chi connectivity index (χ0) is 24.7. The summed E-state index contributed by atoms with van der Waals surface area (Å²) in [5, 5.41) is 11.8. The summed E-state index contributed by atoms with van der Waals surface area (Å²) in [6.07, 6.45) is 9.70. The predicted molar refractivity (Wildman–Crippen MR) is 126 cm³/mol. The third-order valence-electron chi connectivity index (χ3n) is 5.01. The average molecular weight is 486 g/mol. The molecule has 0 aliphatic rings. The number of carboxylic acid groups (broad SMARTS) is 1. The Morgan fingerprint density at radius 2 is 1.94 bits per heavy atom. The van der Waals surface area contributed by atoms with Crippen LogP contribution in [-0.2, 0) is 21.2 Å². The number of benzene rings is 2. The Bertz CT molecular complexity index is 1290. The van der Waals surface area contributed by atoms with Crippen molar-refractivity contribution in [2.75, 3.05) is 12.0 Å². The van der Waals surface area contributed by atoms with E-state index in [9.17, 15) is 27.5 Å². The quantitative estimate of drug-likeness (QED) is 0.456. The fourth-order valence-electron chi connectivity index (χ4n) is 3.26. The molecule has 178 valence electrons. The van der Waals surface area contributed by atoms with Gasteiger partial charge in [-0.3, -0.25) is 4.79 Å². The van der Waals surface area contributed by atoms with E-state index in [1.165, 1.54) is 24.3 Å². The highest BCUT2D eigenvalue weighted by molar-refractivity contribution is 7.90. The van der Waals surface area contributed by atoms with Gasteiger partial charge in [-0.15, -0.1) is 0 Å². The van der Waals surface area contributed by atoms with Crippen molar-refractivity contribution in [2.24, 2.45) is 0 Å². The summed E-state index contributed by atoms with van der Waals surface area (Å²) in [6, 6.07) is 9.23. The van der Waals surface area contributed by atoms with Crippen LogP contribution in [0.3, 0.4) is 0 Å². The molecule has 2 aromatic carbocycles. The van der Waals surface area contributed by atoms with Gasteiger partial charge in [-0.2, -0.15) is 0 Å². The summed E-state index contributed by atoms with van der Waals surface area (Å²) in [6.45, 7) is 0.592. The lowest BCUT2D eigenvalue weighted by molar-refractivity contribution is -0.139. The smallest absolute Gasteiger partial charge is 0.326 e. The molecule has 10 heteroatoms. The second-order valence-electron chi connectivity index (χ2n) is 7.76. The largest absolute Gasteiger partial charge is 0.480 e. The summed E-state index contributed by atoms with van der Waals surface area (Å²) in [5.41, 5.74) is 2.01. The average Bonchev–Trinajstić information content (AvgIpc) is 3.29. The second kappa shape index (κ2) is 10.9. The zero-order valence-electron chi connectivity index (χ0n) is 18.4. The summed E-state index contributed by atoms with van der Waals surface area (Å²) >= 11 is 0. The number of nitrogens with one attached hydrogen (secondary N) is 1. The minimum absolute atomic E-state index is 0.184. The maximum Gasteiger partial charge on any atom is 0.326 e. The van der Waals surface area contributed by atoms with E-state index in [1.54, 1.807) is 30.7 Å². The van der Waals surface area contributed by atoms with Crippen LogP contribution >= 0.6 is 0 Å². The van der Waals surface area contributed by atoms with E-state index in [1.807, 2.05) is 22.9 Å². The number of allylic oxidation sites excluding steroid dienone is 1. The molecule has 1 atom stereocenters. The Hall–Kier alpha value is -3.79. The monoisotopic (exact) mass is 485 g/mol. The van der Waals surface area contributed by atoms with Gasteiger partial charge >= 0.3 is 5.97 Å². The van der Waals surface area contributed by atoms with E-state index in [2.05, 4.69) is 10.3 Å². The number of amides is 1. The van der Waals surface area contributed by atoms with Crippen molar-refractivity contribution in [1.82, 2.24) is 14.9 Å². The van der Waals surface area contributed by atoms with Crippen LogP contribution in [0.2, 0.25) is 0 Å². The molecule has 0 saturated heterocycles. The number of nitrogens with zero attached hydrogens (tertiary/aromatic N) is 2. The van der Waals surface area contributed by atoms with Gasteiger partial charge in [0.2, 0.25) is 0 Å². The first-order valence-corrected chi connectivity index (χ1v) is 12.4. The molecule has 1 heterocycles. The summed E-state index contributed by atoms with van der Waals surface area (Å²) in [7, 11) is -3.40. The Balaban J connectivity index is 1.89. The minimum atomic E-state index is -3.40. The van der Waals surface area contributed by atoms with Gasteiger partial charge in [-0.25, -0.2) is 22.6 Å². The Morgan fingerprint density at radius 1 is 1.21 bits per heavy atom. The molecule has 1 amide bonds. The number of hydrogen-bond donors (Lipinski definition) is 2. The van der Waals surface area contributed by atoms with Crippen molar-refractivity contribution in [2.45, 2.75) is 19.0 Å². The van der Waals surface area contributed by atoms with Crippen LogP contribution in [-0.4, -0.2) is 53.0 Å². The van der Waals surface area contributed by atoms with Gasteiger partial charge in [0.1, 0.15) is 21.7 Å². The topological polar surface area (TPSA) is 118 Å². The highest BCUT2D eigenvalue weighted by atomic mass is 32.2. The molecular weight excluding hydrogens is 461 g/mol. The molecule has 0 unspecified atom stereocenters. The van der Waals surface area contributed by atoms with E-state index >= 15 is 0 Å². The molecule has 0 saturated carbocycles. The molecule has 0 aliphatic carbocycles. The van der Waals surface area contributed by atoms with Crippen LogP contribution < -0.4 is 5.32 Å². The van der Waals surface area contributed by atoms with Gasteiger partial charge in [0.05, 0.1) is 12.1 Å². The molecule has 3 rings (SSSR count). The Kier molecular flexibility index (Phi) is 7.95. The van der Waals surface area contributed by atoms with Crippen molar-refractivity contribution < 1.29 is 27.5 Å². The lowest BCUT2D eigenvalue weighted by Gasteiger charge is -2.16. The first-order valence-electron chi connectivity index (χ1n) is 10.4. The first-order chi connectivity index (χ1) is 16.1. The highest BCUT2D eigenvalue weighted by Crippen LogP contribution is 2.26. The van der Waals surface area contributed by atoms with Gasteiger partial charge in [0.25, 0.3) is 5.91 Å². The Labute approximate surface area is 196 Å². The predicted octanol–water partition coefficient (Wildman–Crippen LogP) is 3.02. The van der Waals surface area contributed by atoms with Crippen LogP contribution in [0.5, 0.6) is 0 Å². The van der Waals surface area contributed by atoms with Gasteiger partial charge in [0.15, 0.2) is 0 Å². The van der Waals surface area contributed by atoms with Crippen molar-refractivity contribution in [3.05, 3.63) is 84.2 Å². The standard InChI is InChI=1S/C24H24FN3O5S/c1-34(32,33)14-10-22(24(30)31)27-23(29)20-9-4-17(3-2-12-28-13-11-26-16-28)15-21(20)18-5-7-19(25)8-6-18/h2-9,11,13,15-16,22H,10,12,14H2,1H3,(H,27,29)(H,30,31)/t22-/m0/s1. The Morgan fingerprint density at radius 3 is 2.56 bits per heavy atom. The number of aromatic nitrogens is 2. The van der Waals surface area contributed by atoms with Crippen molar-refractivity contribution in [3.63, 3.8) is 0 Å². The number of sulfone groups is 1. The maximum atomic E-state index is 13.5. The molecule has 0 aliphatic heterocycles. The van der Waals surface area contributed by atoms with Gasteiger partial charge in [0, 0.05) is 30.8 Å². The number of aliphatic carboxylic acids is 1. The van der Waals surface area contributed by atoms with E-state index in [0.717, 1.165) is 11.8 Å². The van der Waals surface area contributed by atoms with Gasteiger partial charge in [-0.05, 0) is 47.4 Å². The molecule has 3 aromatic rings. The number of carbonyl (C=O) groups is 2. The third kappa shape index (κ3) is 7.11. The van der Waals surface area contributed by atoms with Crippen LogP contribution in [0.15, 0.2) is 67.3 Å². The SMILES string of the molecule is CS(=O)(=O)CC[C@H](NC(=O)c1ccc(C=CCn2ccnc2)cc1-c1ccc(F)cc1)C(=O)O. The molecule has 0 bridgehead atoms. The third-order valence-corrected chi connectivity index (χ3v) is 5.99. The van der Waals surface area contributed by atoms with Crippen LogP contribution in [0.1, 0.15) is 22.3 Å². The molecule has 8 nitrogen and oxygen atoms in total. The van der Waals surface area contributed by atoms with Crippen molar-refractivity contribution >= 4 is 27.8 Å². The molecule has 2 N–H and O–H groups in total. The van der Waals surface area contributed by atoms with E-state index in [-0.39, 0.29) is 17.7 Å². The highest BCUT2D eigenvalue weighted by Gasteiger charge is 2.24. The van der Waals surface area contributed by atoms with Crippen molar-refractivity contribution in [3.8, 4) is 11.1 Å². The summed E-state index contributed by atoms with van der Waals surface area (Å²) < 4.78 is 38.2. The number of halogens is 1.